The molecule has 1 aliphatic rings. The maximum Gasteiger partial charge on any atom is 0.191 e. The fourth-order valence-electron chi connectivity index (χ4n) is 2.93. The second-order valence-electron chi connectivity index (χ2n) is 7.26. The molecule has 0 amide bonds. The molecule has 2 rings (SSSR count). The topological polar surface area (TPSA) is 48.9 Å². The Morgan fingerprint density at radius 2 is 2.07 bits per heavy atom. The van der Waals surface area contributed by atoms with Crippen molar-refractivity contribution in [3.63, 3.8) is 0 Å². The molecule has 0 spiro atoms. The molecule has 0 saturated carbocycles. The van der Waals surface area contributed by atoms with Crippen molar-refractivity contribution in [1.29, 1.82) is 0 Å². The van der Waals surface area contributed by atoms with E-state index < -0.39 is 0 Å². The smallest absolute Gasteiger partial charge is 0.191 e. The summed E-state index contributed by atoms with van der Waals surface area (Å²) in [4.78, 5) is 7.09. The molecule has 1 aromatic carbocycles. The molecule has 27 heavy (non-hydrogen) atoms. The zero-order valence-electron chi connectivity index (χ0n) is 16.9. The van der Waals surface area contributed by atoms with E-state index in [-0.39, 0.29) is 16.6 Å². The van der Waals surface area contributed by atoms with Crippen molar-refractivity contribution in [2.75, 3.05) is 52.2 Å². The fraction of sp³-hybridized carbons (Fsp3) is 0.650. The molecule has 1 atom stereocenters. The van der Waals surface area contributed by atoms with Gasteiger partial charge in [-0.15, -0.1) is 0 Å². The zero-order valence-corrected chi connectivity index (χ0v) is 17.7. The summed E-state index contributed by atoms with van der Waals surface area (Å²) in [5, 5.41) is 6.77. The number of halogens is 1. The summed E-state index contributed by atoms with van der Waals surface area (Å²) in [6.07, 6.45) is 2.11. The van der Waals surface area contributed by atoms with Gasteiger partial charge in [-0.2, -0.15) is 11.8 Å². The summed E-state index contributed by atoms with van der Waals surface area (Å²) < 4.78 is 19.4. The van der Waals surface area contributed by atoms with Gasteiger partial charge in [0.05, 0.1) is 25.8 Å². The van der Waals surface area contributed by atoms with Gasteiger partial charge >= 0.3 is 0 Å². The average Bonchev–Trinajstić information content (AvgIpc) is 2.67. The number of nitrogens with zero attached hydrogens (tertiary/aromatic N) is 2. The van der Waals surface area contributed by atoms with E-state index in [2.05, 4.69) is 42.6 Å². The number of thioether (sulfide) groups is 1. The maximum atomic E-state index is 13.8. The van der Waals surface area contributed by atoms with E-state index in [9.17, 15) is 4.39 Å². The highest BCUT2D eigenvalue weighted by molar-refractivity contribution is 7.99. The number of nitrogens with one attached hydrogen (secondary N) is 2. The van der Waals surface area contributed by atoms with Gasteiger partial charge in [0.2, 0.25) is 0 Å². The third-order valence-electron chi connectivity index (χ3n) is 4.70. The number of benzene rings is 1. The molecule has 1 aliphatic heterocycles. The van der Waals surface area contributed by atoms with Crippen LogP contribution in [0.5, 0.6) is 0 Å². The van der Waals surface area contributed by atoms with E-state index in [4.69, 9.17) is 9.73 Å². The number of hydrogen-bond acceptors (Lipinski definition) is 4. The second kappa shape index (κ2) is 10.9. The van der Waals surface area contributed by atoms with Gasteiger partial charge in [0.15, 0.2) is 5.96 Å². The summed E-state index contributed by atoms with van der Waals surface area (Å²) >= 11 is 1.81. The van der Waals surface area contributed by atoms with Gasteiger partial charge in [-0.1, -0.05) is 12.1 Å². The van der Waals surface area contributed by atoms with Gasteiger partial charge in [0.1, 0.15) is 5.82 Å². The minimum atomic E-state index is -0.201. The highest BCUT2D eigenvalue weighted by Crippen LogP contribution is 2.23. The Hall–Kier alpha value is -1.31. The SMILES string of the molecule is CCNC(=NCC(C)(C)SC)NCC(c1cccc(F)c1)N1CCOCC1. The molecule has 5 nitrogen and oxygen atoms in total. The lowest BCUT2D eigenvalue weighted by Gasteiger charge is -2.35. The van der Waals surface area contributed by atoms with Crippen LogP contribution in [-0.2, 0) is 4.74 Å². The fourth-order valence-corrected chi connectivity index (χ4v) is 3.12. The van der Waals surface area contributed by atoms with Crippen LogP contribution in [0.25, 0.3) is 0 Å². The lowest BCUT2D eigenvalue weighted by molar-refractivity contribution is 0.0169. The molecule has 152 valence electrons. The summed E-state index contributed by atoms with van der Waals surface area (Å²) in [5.74, 6) is 0.599. The van der Waals surface area contributed by atoms with E-state index in [0.29, 0.717) is 19.8 Å². The molecule has 1 saturated heterocycles. The summed E-state index contributed by atoms with van der Waals surface area (Å²) in [6.45, 7) is 11.7. The molecule has 0 bridgehead atoms. The lowest BCUT2D eigenvalue weighted by Crippen LogP contribution is -2.46. The summed E-state index contributed by atoms with van der Waals surface area (Å²) in [6, 6.07) is 6.96. The van der Waals surface area contributed by atoms with Crippen LogP contribution in [-0.4, -0.2) is 67.8 Å². The highest BCUT2D eigenvalue weighted by atomic mass is 32.2. The van der Waals surface area contributed by atoms with E-state index in [1.807, 2.05) is 6.07 Å². The van der Waals surface area contributed by atoms with Crippen LogP contribution >= 0.6 is 11.8 Å². The molecule has 1 heterocycles. The Morgan fingerprint density at radius 3 is 2.70 bits per heavy atom. The first-order valence-corrected chi connectivity index (χ1v) is 10.8. The standard InChI is InChI=1S/C20H33FN4OS/c1-5-22-19(24-15-20(2,3)27-4)23-14-18(25-9-11-26-12-10-25)16-7-6-8-17(21)13-16/h6-8,13,18H,5,9-12,14-15H2,1-4H3,(H2,22,23,24). The van der Waals surface area contributed by atoms with Crippen LogP contribution in [0.3, 0.4) is 0 Å². The van der Waals surface area contributed by atoms with Crippen molar-refractivity contribution in [2.24, 2.45) is 4.99 Å². The number of hydrogen-bond donors (Lipinski definition) is 2. The molecule has 7 heteroatoms. The third kappa shape index (κ3) is 7.31. The molecule has 1 aromatic rings. The minimum Gasteiger partial charge on any atom is -0.379 e. The first-order valence-electron chi connectivity index (χ1n) is 9.60. The maximum absolute atomic E-state index is 13.8. The van der Waals surface area contributed by atoms with Gasteiger partial charge < -0.3 is 15.4 Å². The van der Waals surface area contributed by atoms with Crippen molar-refractivity contribution in [2.45, 2.75) is 31.6 Å². The van der Waals surface area contributed by atoms with Gasteiger partial charge in [-0.3, -0.25) is 9.89 Å². The zero-order chi connectivity index (χ0) is 19.7. The Balaban J connectivity index is 2.11. The number of aliphatic imine (C=N–C) groups is 1. The number of rotatable bonds is 8. The van der Waals surface area contributed by atoms with E-state index >= 15 is 0 Å². The molecule has 0 aliphatic carbocycles. The van der Waals surface area contributed by atoms with Gasteiger partial charge in [-0.05, 0) is 44.7 Å². The quantitative estimate of drug-likeness (QED) is 0.523. The van der Waals surface area contributed by atoms with Gasteiger partial charge in [0, 0.05) is 30.9 Å². The van der Waals surface area contributed by atoms with Gasteiger partial charge in [0.25, 0.3) is 0 Å². The minimum absolute atomic E-state index is 0.0713. The van der Waals surface area contributed by atoms with Crippen molar-refractivity contribution in [3.05, 3.63) is 35.6 Å². The first kappa shape index (κ1) is 22.0. The largest absolute Gasteiger partial charge is 0.379 e. The summed E-state index contributed by atoms with van der Waals surface area (Å²) in [5.41, 5.74) is 0.977. The molecule has 1 fully saturated rings. The lowest BCUT2D eigenvalue weighted by atomic mass is 10.0. The molecule has 1 unspecified atom stereocenters. The number of guanidine groups is 1. The monoisotopic (exact) mass is 396 g/mol. The first-order chi connectivity index (χ1) is 12.9. The Labute approximate surface area is 167 Å². The van der Waals surface area contributed by atoms with Crippen LogP contribution in [0.15, 0.2) is 29.3 Å². The van der Waals surface area contributed by atoms with Crippen LogP contribution < -0.4 is 10.6 Å². The highest BCUT2D eigenvalue weighted by Gasteiger charge is 2.23. The van der Waals surface area contributed by atoms with Crippen LogP contribution in [0.4, 0.5) is 4.39 Å². The van der Waals surface area contributed by atoms with E-state index in [0.717, 1.165) is 37.7 Å². The second-order valence-corrected chi connectivity index (χ2v) is 8.77. The van der Waals surface area contributed by atoms with Crippen LogP contribution in [0.1, 0.15) is 32.4 Å². The van der Waals surface area contributed by atoms with Crippen LogP contribution in [0, 0.1) is 5.82 Å². The normalized spacial score (nSPS) is 17.6. The molecular weight excluding hydrogens is 363 g/mol. The molecule has 2 N–H and O–H groups in total. The average molecular weight is 397 g/mol. The van der Waals surface area contributed by atoms with Crippen molar-refractivity contribution in [1.82, 2.24) is 15.5 Å². The Kier molecular flexibility index (Phi) is 8.86. The van der Waals surface area contributed by atoms with E-state index in [1.54, 1.807) is 23.9 Å². The third-order valence-corrected chi connectivity index (χ3v) is 5.93. The summed E-state index contributed by atoms with van der Waals surface area (Å²) in [7, 11) is 0. The van der Waals surface area contributed by atoms with Crippen molar-refractivity contribution < 1.29 is 9.13 Å². The van der Waals surface area contributed by atoms with Crippen molar-refractivity contribution >= 4 is 17.7 Å². The number of ether oxygens (including phenoxy) is 1. The van der Waals surface area contributed by atoms with Crippen LogP contribution in [0.2, 0.25) is 0 Å². The number of morpholine rings is 1. The van der Waals surface area contributed by atoms with E-state index in [1.165, 1.54) is 6.07 Å². The Morgan fingerprint density at radius 1 is 1.33 bits per heavy atom. The molecular formula is C20H33FN4OS. The molecule has 0 radical (unpaired) electrons. The Bertz CT molecular complexity index is 605. The van der Waals surface area contributed by atoms with Gasteiger partial charge in [-0.25, -0.2) is 4.39 Å². The van der Waals surface area contributed by atoms with Crippen molar-refractivity contribution in [3.8, 4) is 0 Å². The predicted octanol–water partition coefficient (Wildman–Crippen LogP) is 2.90. The predicted molar refractivity (Wildman–Crippen MR) is 113 cm³/mol. The molecule has 0 aromatic heterocycles.